The minimum atomic E-state index is -4.09. The number of hydrogen-bond acceptors (Lipinski definition) is 7. The monoisotopic (exact) mass is 486 g/mol. The van der Waals surface area contributed by atoms with Crippen LogP contribution in [0.5, 0.6) is 23.0 Å². The lowest BCUT2D eigenvalue weighted by molar-refractivity contribution is 0.193. The number of benzene rings is 2. The topological polar surface area (TPSA) is 107 Å². The first-order chi connectivity index (χ1) is 16.1. The second-order valence-corrected chi connectivity index (χ2v) is 10.3. The zero-order chi connectivity index (χ0) is 24.9. The van der Waals surface area contributed by atoms with E-state index in [0.29, 0.717) is 22.7 Å². The van der Waals surface area contributed by atoms with Crippen LogP contribution < -0.4 is 18.9 Å². The average Bonchev–Trinajstić information content (AvgIpc) is 2.78. The fourth-order valence-electron chi connectivity index (χ4n) is 3.46. The number of rotatable bonds is 9. The number of ether oxygens (including phenoxy) is 3. The zero-order valence-electron chi connectivity index (χ0n) is 20.0. The van der Waals surface area contributed by atoms with E-state index in [0.717, 1.165) is 5.56 Å². The molecule has 3 rings (SSSR count). The Kier molecular flexibility index (Phi) is 7.68. The normalized spacial score (nSPS) is 11.7. The van der Waals surface area contributed by atoms with Crippen molar-refractivity contribution in [1.82, 2.24) is 4.98 Å². The largest absolute Gasteiger partial charge is 0.493 e. The van der Waals surface area contributed by atoms with Gasteiger partial charge in [-0.25, -0.2) is 8.42 Å². The van der Waals surface area contributed by atoms with Gasteiger partial charge in [-0.15, -0.1) is 0 Å². The van der Waals surface area contributed by atoms with Crippen molar-refractivity contribution in [2.24, 2.45) is 0 Å². The average molecular weight is 487 g/mol. The maximum Gasteiger partial charge on any atom is 0.266 e. The molecule has 0 aliphatic rings. The highest BCUT2D eigenvalue weighted by Gasteiger charge is 2.32. The molecule has 0 saturated heterocycles. The maximum atomic E-state index is 13.5. The second-order valence-electron chi connectivity index (χ2n) is 8.64. The van der Waals surface area contributed by atoms with Gasteiger partial charge in [0.05, 0.1) is 19.4 Å². The van der Waals surface area contributed by atoms with E-state index >= 15 is 0 Å². The van der Waals surface area contributed by atoms with Gasteiger partial charge in [0, 0.05) is 18.0 Å². The number of para-hydroxylation sites is 2. The molecule has 0 bridgehead atoms. The summed E-state index contributed by atoms with van der Waals surface area (Å²) < 4.78 is 47.2. The van der Waals surface area contributed by atoms with Gasteiger partial charge in [0.15, 0.2) is 23.0 Å². The fraction of sp³-hybridized carbons (Fsp3) is 0.320. The Bertz CT molecular complexity index is 1240. The molecule has 1 aromatic heterocycles. The molecule has 0 amide bonds. The summed E-state index contributed by atoms with van der Waals surface area (Å²) in [4.78, 5) is 3.85. The van der Waals surface area contributed by atoms with E-state index in [1.54, 1.807) is 43.3 Å². The number of sulfonamides is 1. The number of anilines is 1. The van der Waals surface area contributed by atoms with E-state index in [1.807, 2.05) is 26.8 Å². The zero-order valence-corrected chi connectivity index (χ0v) is 20.8. The highest BCUT2D eigenvalue weighted by Crippen LogP contribution is 2.48. The third-order valence-corrected chi connectivity index (χ3v) is 6.55. The number of methoxy groups -OCH3 is 1. The third-order valence-electron chi connectivity index (χ3n) is 5.00. The van der Waals surface area contributed by atoms with E-state index < -0.39 is 15.4 Å². The molecule has 9 heteroatoms. The van der Waals surface area contributed by atoms with Crippen molar-refractivity contribution in [1.29, 1.82) is 0 Å². The van der Waals surface area contributed by atoms with Crippen LogP contribution in [0, 0.1) is 6.92 Å². The van der Waals surface area contributed by atoms with E-state index in [-0.39, 0.29) is 29.6 Å². The number of aliphatic hydroxyl groups is 1. The van der Waals surface area contributed by atoms with Crippen molar-refractivity contribution < 1.29 is 27.7 Å². The standard InChI is InChI=1S/C25H30N2O6S/c1-17-16-19(25(2,3)4)22(33-21-9-7-6-8-20(21)31-5)23(32-15-14-28)24(17)34(29,30)27-18-10-12-26-13-11-18/h6-13,16,28H,14-15H2,1-5H3,(H,26,27). The quantitative estimate of drug-likeness (QED) is 0.453. The Morgan fingerprint density at radius 2 is 1.68 bits per heavy atom. The molecule has 0 saturated carbocycles. The summed E-state index contributed by atoms with van der Waals surface area (Å²) in [5.41, 5.74) is 1.16. The smallest absolute Gasteiger partial charge is 0.266 e. The van der Waals surface area contributed by atoms with Crippen molar-refractivity contribution in [3.63, 3.8) is 0 Å². The molecule has 0 aliphatic heterocycles. The highest BCUT2D eigenvalue weighted by molar-refractivity contribution is 7.92. The Labute approximate surface area is 200 Å². The van der Waals surface area contributed by atoms with Crippen molar-refractivity contribution in [3.8, 4) is 23.0 Å². The summed E-state index contributed by atoms with van der Waals surface area (Å²) in [6.07, 6.45) is 2.99. The van der Waals surface area contributed by atoms with Gasteiger partial charge in [0.2, 0.25) is 0 Å². The lowest BCUT2D eigenvalue weighted by Gasteiger charge is -2.27. The molecule has 182 valence electrons. The minimum absolute atomic E-state index is 0.0198. The number of nitrogens with one attached hydrogen (secondary N) is 1. The predicted octanol–water partition coefficient (Wildman–Crippen LogP) is 4.66. The molecule has 1 heterocycles. The molecule has 8 nitrogen and oxygen atoms in total. The van der Waals surface area contributed by atoms with E-state index in [9.17, 15) is 13.5 Å². The van der Waals surface area contributed by atoms with Crippen LogP contribution in [0.4, 0.5) is 5.69 Å². The molecule has 0 unspecified atom stereocenters. The summed E-state index contributed by atoms with van der Waals surface area (Å²) in [6.45, 7) is 7.27. The van der Waals surface area contributed by atoms with Gasteiger partial charge in [-0.3, -0.25) is 9.71 Å². The van der Waals surface area contributed by atoms with Gasteiger partial charge in [-0.2, -0.15) is 0 Å². The van der Waals surface area contributed by atoms with Gasteiger partial charge in [0.1, 0.15) is 11.5 Å². The molecular weight excluding hydrogens is 456 g/mol. The molecule has 0 spiro atoms. The third kappa shape index (κ3) is 5.60. The minimum Gasteiger partial charge on any atom is -0.493 e. The second kappa shape index (κ2) is 10.3. The number of aryl methyl sites for hydroxylation is 1. The van der Waals surface area contributed by atoms with Gasteiger partial charge >= 0.3 is 0 Å². The maximum absolute atomic E-state index is 13.5. The van der Waals surface area contributed by atoms with Crippen molar-refractivity contribution in [2.45, 2.75) is 38.0 Å². The molecule has 2 aromatic carbocycles. The van der Waals surface area contributed by atoms with Crippen LogP contribution in [0.25, 0.3) is 0 Å². The molecule has 0 aliphatic carbocycles. The van der Waals surface area contributed by atoms with Crippen LogP contribution in [0.15, 0.2) is 59.8 Å². The van der Waals surface area contributed by atoms with Crippen LogP contribution >= 0.6 is 0 Å². The van der Waals surface area contributed by atoms with Crippen molar-refractivity contribution in [2.75, 3.05) is 25.0 Å². The van der Waals surface area contributed by atoms with E-state index in [2.05, 4.69) is 9.71 Å². The van der Waals surface area contributed by atoms with Crippen LogP contribution in [-0.4, -0.2) is 38.8 Å². The SMILES string of the molecule is COc1ccccc1Oc1c(C(C)(C)C)cc(C)c(S(=O)(=O)Nc2ccncc2)c1OCCO. The molecular formula is C25H30N2O6S. The van der Waals surface area contributed by atoms with Gasteiger partial charge in [0.25, 0.3) is 10.0 Å². The molecule has 0 radical (unpaired) electrons. The number of aliphatic hydroxyl groups excluding tert-OH is 1. The summed E-state index contributed by atoms with van der Waals surface area (Å²) in [5, 5.41) is 9.46. The Hall–Kier alpha value is -3.30. The van der Waals surface area contributed by atoms with Crippen LogP contribution in [-0.2, 0) is 15.4 Å². The first-order valence-corrected chi connectivity index (χ1v) is 12.2. The lowest BCUT2D eigenvalue weighted by Crippen LogP contribution is -2.20. The van der Waals surface area contributed by atoms with Crippen LogP contribution in [0.1, 0.15) is 31.9 Å². The van der Waals surface area contributed by atoms with Gasteiger partial charge in [-0.1, -0.05) is 39.0 Å². The predicted molar refractivity (Wildman–Crippen MR) is 131 cm³/mol. The number of nitrogens with zero attached hydrogens (tertiary/aromatic N) is 1. The summed E-state index contributed by atoms with van der Waals surface area (Å²) >= 11 is 0. The fourth-order valence-corrected chi connectivity index (χ4v) is 4.89. The number of pyridine rings is 1. The Morgan fingerprint density at radius 1 is 1.03 bits per heavy atom. The van der Waals surface area contributed by atoms with Crippen LogP contribution in [0.3, 0.4) is 0 Å². The highest BCUT2D eigenvalue weighted by atomic mass is 32.2. The van der Waals surface area contributed by atoms with Crippen molar-refractivity contribution in [3.05, 3.63) is 66.0 Å². The molecule has 0 fully saturated rings. The van der Waals surface area contributed by atoms with Crippen molar-refractivity contribution >= 4 is 15.7 Å². The van der Waals surface area contributed by atoms with Gasteiger partial charge < -0.3 is 19.3 Å². The Balaban J connectivity index is 2.28. The number of hydrogen-bond donors (Lipinski definition) is 2. The van der Waals surface area contributed by atoms with Crippen LogP contribution in [0.2, 0.25) is 0 Å². The van der Waals surface area contributed by atoms with E-state index in [1.165, 1.54) is 19.5 Å². The lowest BCUT2D eigenvalue weighted by atomic mass is 9.85. The Morgan fingerprint density at radius 3 is 2.26 bits per heavy atom. The molecule has 3 aromatic rings. The van der Waals surface area contributed by atoms with Gasteiger partial charge in [-0.05, 0) is 42.2 Å². The van der Waals surface area contributed by atoms with E-state index in [4.69, 9.17) is 14.2 Å². The molecule has 2 N–H and O–H groups in total. The first kappa shape index (κ1) is 25.3. The number of aromatic nitrogens is 1. The summed E-state index contributed by atoms with van der Waals surface area (Å²) in [7, 11) is -2.57. The first-order valence-electron chi connectivity index (χ1n) is 10.7. The summed E-state index contributed by atoms with van der Waals surface area (Å²) in [5.74, 6) is 1.14. The molecule has 34 heavy (non-hydrogen) atoms. The molecule has 0 atom stereocenters. The summed E-state index contributed by atoms with van der Waals surface area (Å²) in [6, 6.07) is 12.0.